The van der Waals surface area contributed by atoms with E-state index in [1.807, 2.05) is 0 Å². The smallest absolute Gasteiger partial charge is 0.0865 e. The van der Waals surface area contributed by atoms with Gasteiger partial charge < -0.3 is 0 Å². The van der Waals surface area contributed by atoms with E-state index in [0.717, 1.165) is 25.9 Å². The minimum Gasteiger partial charge on any atom is -0.291 e. The van der Waals surface area contributed by atoms with Crippen molar-refractivity contribution in [1.82, 2.24) is 4.90 Å². The maximum absolute atomic E-state index is 8.80. The Morgan fingerprint density at radius 2 is 1.25 bits per heavy atom. The second-order valence-corrected chi connectivity index (χ2v) is 7.06. The van der Waals surface area contributed by atoms with Crippen molar-refractivity contribution < 1.29 is 0 Å². The monoisotopic (exact) mass is 224 g/mol. The molecule has 0 N–H and O–H groups in total. The molecule has 0 aliphatic rings. The lowest BCUT2D eigenvalue weighted by molar-refractivity contribution is 0.216. The highest BCUT2D eigenvalue weighted by atomic mass is 15.1. The van der Waals surface area contributed by atoms with Crippen LogP contribution in [0.4, 0.5) is 0 Å². The molecule has 0 saturated carbocycles. The normalized spacial score (nSPS) is 12.9. The highest BCUT2D eigenvalue weighted by Gasteiger charge is 2.16. The van der Waals surface area contributed by atoms with Crippen LogP contribution in [0, 0.1) is 22.2 Å². The molecule has 2 nitrogen and oxygen atoms in total. The first-order valence-corrected chi connectivity index (χ1v) is 6.23. The average molecular weight is 224 g/mol. The van der Waals surface area contributed by atoms with Crippen molar-refractivity contribution in [3.8, 4) is 6.07 Å². The topological polar surface area (TPSA) is 27.0 Å². The number of nitriles is 1. The van der Waals surface area contributed by atoms with E-state index in [-0.39, 0.29) is 0 Å². The summed E-state index contributed by atoms with van der Waals surface area (Å²) in [5.41, 5.74) is 0.713. The Kier molecular flexibility index (Phi) is 6.04. The summed E-state index contributed by atoms with van der Waals surface area (Å²) in [6, 6.07) is 2.27. The Balaban J connectivity index is 4.04. The lowest BCUT2D eigenvalue weighted by Gasteiger charge is -2.27. The summed E-state index contributed by atoms with van der Waals surface area (Å²) in [5, 5.41) is 8.80. The Morgan fingerprint density at radius 1 is 0.875 bits per heavy atom. The first-order chi connectivity index (χ1) is 7.14. The molecule has 0 heterocycles. The fraction of sp³-hybridized carbons (Fsp3) is 0.929. The van der Waals surface area contributed by atoms with Gasteiger partial charge in [-0.25, -0.2) is 0 Å². The predicted octanol–water partition coefficient (Wildman–Crippen LogP) is 3.68. The third-order valence-electron chi connectivity index (χ3n) is 2.65. The van der Waals surface area contributed by atoms with Gasteiger partial charge in [0, 0.05) is 0 Å². The molecule has 0 aliphatic carbocycles. The first kappa shape index (κ1) is 15.4. The van der Waals surface area contributed by atoms with Crippen LogP contribution >= 0.6 is 0 Å². The number of hydrogen-bond acceptors (Lipinski definition) is 2. The van der Waals surface area contributed by atoms with Crippen molar-refractivity contribution in [3.05, 3.63) is 0 Å². The SMILES string of the molecule is CC(C)(C)CCN(CC#N)CCC(C)(C)C. The molecule has 94 valence electrons. The predicted molar refractivity (Wildman–Crippen MR) is 70.2 cm³/mol. The van der Waals surface area contributed by atoms with Crippen molar-refractivity contribution in [1.29, 1.82) is 5.26 Å². The van der Waals surface area contributed by atoms with Crippen LogP contribution in [0.15, 0.2) is 0 Å². The molecular weight excluding hydrogens is 196 g/mol. The van der Waals surface area contributed by atoms with Crippen molar-refractivity contribution in [2.45, 2.75) is 54.4 Å². The van der Waals surface area contributed by atoms with Crippen molar-refractivity contribution in [3.63, 3.8) is 0 Å². The maximum atomic E-state index is 8.80. The maximum Gasteiger partial charge on any atom is 0.0865 e. The summed E-state index contributed by atoms with van der Waals surface area (Å²) in [6.45, 7) is 16.1. The summed E-state index contributed by atoms with van der Waals surface area (Å²) in [5.74, 6) is 0. The minimum atomic E-state index is 0.357. The highest BCUT2D eigenvalue weighted by Crippen LogP contribution is 2.21. The van der Waals surface area contributed by atoms with Gasteiger partial charge in [0.05, 0.1) is 12.6 Å². The number of hydrogen-bond donors (Lipinski definition) is 0. The first-order valence-electron chi connectivity index (χ1n) is 6.23. The van der Waals surface area contributed by atoms with Crippen molar-refractivity contribution in [2.75, 3.05) is 19.6 Å². The average Bonchev–Trinajstić information content (AvgIpc) is 2.07. The van der Waals surface area contributed by atoms with E-state index in [2.05, 4.69) is 52.5 Å². The Labute approximate surface area is 102 Å². The molecule has 0 bridgehead atoms. The summed E-state index contributed by atoms with van der Waals surface area (Å²) in [6.07, 6.45) is 2.30. The van der Waals surface area contributed by atoms with E-state index in [1.165, 1.54) is 0 Å². The largest absolute Gasteiger partial charge is 0.291 e. The van der Waals surface area contributed by atoms with Gasteiger partial charge in [-0.1, -0.05) is 41.5 Å². The van der Waals surface area contributed by atoms with E-state index >= 15 is 0 Å². The van der Waals surface area contributed by atoms with E-state index in [4.69, 9.17) is 5.26 Å². The fourth-order valence-corrected chi connectivity index (χ4v) is 1.36. The molecule has 16 heavy (non-hydrogen) atoms. The molecule has 0 rings (SSSR count). The van der Waals surface area contributed by atoms with Gasteiger partial charge in [0.2, 0.25) is 0 Å². The van der Waals surface area contributed by atoms with Gasteiger partial charge in [-0.15, -0.1) is 0 Å². The molecule has 0 unspecified atom stereocenters. The number of nitrogens with zero attached hydrogens (tertiary/aromatic N) is 2. The van der Waals surface area contributed by atoms with Crippen LogP contribution < -0.4 is 0 Å². The molecule has 0 atom stereocenters. The van der Waals surface area contributed by atoms with Crippen LogP contribution in [0.2, 0.25) is 0 Å². The zero-order chi connectivity index (χ0) is 12.8. The summed E-state index contributed by atoms with van der Waals surface area (Å²) < 4.78 is 0. The summed E-state index contributed by atoms with van der Waals surface area (Å²) >= 11 is 0. The van der Waals surface area contributed by atoms with Crippen LogP contribution in [-0.4, -0.2) is 24.5 Å². The molecule has 0 fully saturated rings. The van der Waals surface area contributed by atoms with Gasteiger partial charge in [-0.2, -0.15) is 5.26 Å². The van der Waals surface area contributed by atoms with Crippen LogP contribution in [0.5, 0.6) is 0 Å². The van der Waals surface area contributed by atoms with Crippen LogP contribution in [-0.2, 0) is 0 Å². The molecule has 0 saturated heterocycles. The Morgan fingerprint density at radius 3 is 1.50 bits per heavy atom. The van der Waals surface area contributed by atoms with Gasteiger partial charge in [-0.3, -0.25) is 4.90 Å². The van der Waals surface area contributed by atoms with Crippen LogP contribution in [0.25, 0.3) is 0 Å². The summed E-state index contributed by atoms with van der Waals surface area (Å²) in [7, 11) is 0. The molecule has 0 amide bonds. The van der Waals surface area contributed by atoms with Gasteiger partial charge in [0.1, 0.15) is 0 Å². The number of rotatable bonds is 5. The van der Waals surface area contributed by atoms with Crippen LogP contribution in [0.3, 0.4) is 0 Å². The second kappa shape index (κ2) is 6.25. The van der Waals surface area contributed by atoms with Gasteiger partial charge >= 0.3 is 0 Å². The lowest BCUT2D eigenvalue weighted by atomic mass is 9.90. The second-order valence-electron chi connectivity index (χ2n) is 7.06. The molecule has 2 heteroatoms. The molecule has 0 aromatic rings. The zero-order valence-electron chi connectivity index (χ0n) is 11.9. The van der Waals surface area contributed by atoms with Gasteiger partial charge in [0.15, 0.2) is 0 Å². The van der Waals surface area contributed by atoms with Gasteiger partial charge in [-0.05, 0) is 36.8 Å². The highest BCUT2D eigenvalue weighted by molar-refractivity contribution is 4.79. The molecule has 0 radical (unpaired) electrons. The van der Waals surface area contributed by atoms with Crippen molar-refractivity contribution in [2.24, 2.45) is 10.8 Å². The van der Waals surface area contributed by atoms with E-state index in [1.54, 1.807) is 0 Å². The van der Waals surface area contributed by atoms with Crippen LogP contribution in [0.1, 0.15) is 54.4 Å². The lowest BCUT2D eigenvalue weighted by Crippen LogP contribution is -2.31. The minimum absolute atomic E-state index is 0.357. The molecule has 0 aliphatic heterocycles. The Hall–Kier alpha value is -0.550. The molecule has 0 aromatic heterocycles. The van der Waals surface area contributed by atoms with E-state index in [9.17, 15) is 0 Å². The Bertz CT molecular complexity index is 207. The third-order valence-corrected chi connectivity index (χ3v) is 2.65. The standard InChI is InChI=1S/C14H28N2/c1-13(2,3)7-10-16(12-9-15)11-8-14(4,5)6/h7-8,10-12H2,1-6H3. The molecule has 0 spiro atoms. The summed E-state index contributed by atoms with van der Waals surface area (Å²) in [4.78, 5) is 2.27. The molecule has 0 aromatic carbocycles. The van der Waals surface area contributed by atoms with Crippen molar-refractivity contribution >= 4 is 0 Å². The van der Waals surface area contributed by atoms with E-state index in [0.29, 0.717) is 17.4 Å². The zero-order valence-corrected chi connectivity index (χ0v) is 11.9. The fourth-order valence-electron chi connectivity index (χ4n) is 1.36. The third kappa shape index (κ3) is 9.98. The molecular formula is C14H28N2. The van der Waals surface area contributed by atoms with E-state index < -0.39 is 0 Å². The quantitative estimate of drug-likeness (QED) is 0.666. The van der Waals surface area contributed by atoms with Gasteiger partial charge in [0.25, 0.3) is 0 Å².